The zero-order valence-corrected chi connectivity index (χ0v) is 8.50. The Kier molecular flexibility index (Phi) is 3.16. The van der Waals surface area contributed by atoms with Crippen molar-refractivity contribution in [2.24, 2.45) is 0 Å². The Morgan fingerprint density at radius 2 is 1.00 bits per heavy atom. The molecule has 0 nitrogen and oxygen atoms in total. The van der Waals surface area contributed by atoms with Crippen LogP contribution in [0, 0.1) is 0 Å². The molecule has 0 N–H and O–H groups in total. The molecule has 0 aliphatic heterocycles. The van der Waals surface area contributed by atoms with Crippen LogP contribution >= 0.6 is 7.26 Å². The first-order chi connectivity index (χ1) is 3.89. The zero-order valence-electron chi connectivity index (χ0n) is 7.60. The third kappa shape index (κ3) is 2.26. The Morgan fingerprint density at radius 1 is 0.778 bits per heavy atom. The van der Waals surface area contributed by atoms with Crippen molar-refractivity contribution in [2.45, 2.75) is 39.0 Å². The van der Waals surface area contributed by atoms with Crippen LogP contribution in [0.25, 0.3) is 0 Å². The SMILES string of the molecule is CC(C)[P+](C)(C)C(C)C. The topological polar surface area (TPSA) is 0 Å². The Hall–Kier alpha value is 0.430. The van der Waals surface area contributed by atoms with Crippen molar-refractivity contribution in [2.75, 3.05) is 13.3 Å². The Labute approximate surface area is 60.4 Å². The van der Waals surface area contributed by atoms with E-state index in [1.807, 2.05) is 0 Å². The number of hydrogen-bond donors (Lipinski definition) is 0. The third-order valence-electron chi connectivity index (χ3n) is 2.66. The van der Waals surface area contributed by atoms with E-state index in [0.29, 0.717) is 0 Å². The summed E-state index contributed by atoms with van der Waals surface area (Å²) in [5.41, 5.74) is 1.80. The lowest BCUT2D eigenvalue weighted by Crippen LogP contribution is -2.12. The lowest BCUT2D eigenvalue weighted by Gasteiger charge is -2.26. The van der Waals surface area contributed by atoms with Crippen LogP contribution in [-0.2, 0) is 0 Å². The summed E-state index contributed by atoms with van der Waals surface area (Å²) in [4.78, 5) is 0. The molecule has 0 aromatic heterocycles. The maximum Gasteiger partial charge on any atom is 0.0638 e. The van der Waals surface area contributed by atoms with Crippen LogP contribution in [0.1, 0.15) is 27.7 Å². The summed E-state index contributed by atoms with van der Waals surface area (Å²) >= 11 is 0. The first-order valence-electron chi connectivity index (χ1n) is 3.72. The van der Waals surface area contributed by atoms with E-state index in [2.05, 4.69) is 41.0 Å². The van der Waals surface area contributed by atoms with Crippen molar-refractivity contribution in [1.29, 1.82) is 0 Å². The summed E-state index contributed by atoms with van der Waals surface area (Å²) in [5, 5.41) is 0. The summed E-state index contributed by atoms with van der Waals surface area (Å²) in [6, 6.07) is 0. The molecule has 0 fully saturated rings. The lowest BCUT2D eigenvalue weighted by atomic mass is 10.5. The molecule has 0 aliphatic rings. The van der Waals surface area contributed by atoms with Gasteiger partial charge in [0.05, 0.1) is 11.3 Å². The Morgan fingerprint density at radius 3 is 1.00 bits per heavy atom. The molecule has 0 saturated heterocycles. The quantitative estimate of drug-likeness (QED) is 0.526. The molecule has 0 aromatic rings. The van der Waals surface area contributed by atoms with Crippen molar-refractivity contribution >= 4 is 7.26 Å². The molecule has 0 heterocycles. The summed E-state index contributed by atoms with van der Waals surface area (Å²) in [7, 11) is -0.586. The van der Waals surface area contributed by atoms with Gasteiger partial charge in [-0.3, -0.25) is 0 Å². The van der Waals surface area contributed by atoms with Gasteiger partial charge in [0.15, 0.2) is 0 Å². The fourth-order valence-corrected chi connectivity index (χ4v) is 1.79. The van der Waals surface area contributed by atoms with E-state index in [0.717, 1.165) is 11.3 Å². The second kappa shape index (κ2) is 3.01. The van der Waals surface area contributed by atoms with Gasteiger partial charge in [-0.2, -0.15) is 0 Å². The molecule has 0 rings (SSSR count). The molecular weight excluding hydrogens is 127 g/mol. The van der Waals surface area contributed by atoms with E-state index in [4.69, 9.17) is 0 Å². The average Bonchev–Trinajstić information content (AvgIpc) is 1.65. The minimum atomic E-state index is -0.586. The summed E-state index contributed by atoms with van der Waals surface area (Å²) in [6.07, 6.45) is 0. The fraction of sp³-hybridized carbons (Fsp3) is 1.00. The van der Waals surface area contributed by atoms with Crippen LogP contribution in [0.4, 0.5) is 0 Å². The van der Waals surface area contributed by atoms with Crippen molar-refractivity contribution < 1.29 is 0 Å². The summed E-state index contributed by atoms with van der Waals surface area (Å²) in [6.45, 7) is 14.3. The minimum absolute atomic E-state index is 0.586. The average molecular weight is 147 g/mol. The molecule has 0 unspecified atom stereocenters. The van der Waals surface area contributed by atoms with Gasteiger partial charge in [0.2, 0.25) is 0 Å². The van der Waals surface area contributed by atoms with Crippen molar-refractivity contribution in [3.05, 3.63) is 0 Å². The van der Waals surface area contributed by atoms with Gasteiger partial charge in [-0.25, -0.2) is 0 Å². The second-order valence-corrected chi connectivity index (χ2v) is 9.14. The van der Waals surface area contributed by atoms with Gasteiger partial charge in [0.25, 0.3) is 0 Å². The van der Waals surface area contributed by atoms with E-state index in [1.54, 1.807) is 0 Å². The normalized spacial score (nSPS) is 13.3. The number of hydrogen-bond acceptors (Lipinski definition) is 0. The maximum absolute atomic E-state index is 2.45. The maximum atomic E-state index is 2.45. The second-order valence-electron chi connectivity index (χ2n) is 3.82. The molecule has 0 saturated carbocycles. The Balaban J connectivity index is 4.01. The van der Waals surface area contributed by atoms with E-state index >= 15 is 0 Å². The van der Waals surface area contributed by atoms with Crippen LogP contribution in [0.3, 0.4) is 0 Å². The minimum Gasteiger partial charge on any atom is -0.0286 e. The summed E-state index contributed by atoms with van der Waals surface area (Å²) in [5.74, 6) is 0. The van der Waals surface area contributed by atoms with Crippen LogP contribution in [0.15, 0.2) is 0 Å². The molecule has 0 atom stereocenters. The molecule has 0 bridgehead atoms. The molecule has 0 spiro atoms. The van der Waals surface area contributed by atoms with Crippen molar-refractivity contribution in [3.63, 3.8) is 0 Å². The van der Waals surface area contributed by atoms with E-state index in [-0.39, 0.29) is 0 Å². The van der Waals surface area contributed by atoms with Gasteiger partial charge in [-0.15, -0.1) is 0 Å². The highest BCUT2D eigenvalue weighted by atomic mass is 31.2. The predicted molar refractivity (Wildman–Crippen MR) is 49.0 cm³/mol. The van der Waals surface area contributed by atoms with Crippen LogP contribution < -0.4 is 0 Å². The van der Waals surface area contributed by atoms with Gasteiger partial charge in [-0.05, 0) is 27.7 Å². The van der Waals surface area contributed by atoms with Gasteiger partial charge >= 0.3 is 0 Å². The highest BCUT2D eigenvalue weighted by molar-refractivity contribution is 7.75. The van der Waals surface area contributed by atoms with Crippen molar-refractivity contribution in [1.82, 2.24) is 0 Å². The summed E-state index contributed by atoms with van der Waals surface area (Å²) < 4.78 is 0. The molecule has 0 amide bonds. The molecule has 9 heavy (non-hydrogen) atoms. The van der Waals surface area contributed by atoms with E-state index in [9.17, 15) is 0 Å². The molecule has 0 aromatic carbocycles. The first kappa shape index (κ1) is 9.43. The van der Waals surface area contributed by atoms with Crippen LogP contribution in [0.5, 0.6) is 0 Å². The molecule has 1 heteroatoms. The lowest BCUT2D eigenvalue weighted by molar-refractivity contribution is 0.992. The van der Waals surface area contributed by atoms with Crippen molar-refractivity contribution in [3.8, 4) is 0 Å². The third-order valence-corrected chi connectivity index (χ3v) is 7.99. The highest BCUT2D eigenvalue weighted by Crippen LogP contribution is 2.59. The molecule has 0 radical (unpaired) electrons. The molecule has 56 valence electrons. The zero-order chi connectivity index (χ0) is 7.65. The largest absolute Gasteiger partial charge is 0.0638 e. The fourth-order valence-electron chi connectivity index (χ4n) is 0.596. The molecule has 0 aliphatic carbocycles. The van der Waals surface area contributed by atoms with Gasteiger partial charge in [0, 0.05) is 20.6 Å². The standard InChI is InChI=1S/C8H20P/c1-7(2)9(5,6)8(3)4/h7-8H,1-6H3/q+1. The van der Waals surface area contributed by atoms with Gasteiger partial charge in [-0.1, -0.05) is 0 Å². The van der Waals surface area contributed by atoms with Gasteiger partial charge in [0.1, 0.15) is 0 Å². The van der Waals surface area contributed by atoms with Crippen LogP contribution in [0.2, 0.25) is 0 Å². The first-order valence-corrected chi connectivity index (χ1v) is 6.54. The van der Waals surface area contributed by atoms with Gasteiger partial charge < -0.3 is 0 Å². The molecular formula is C8H20P+. The van der Waals surface area contributed by atoms with Crippen LogP contribution in [-0.4, -0.2) is 24.6 Å². The monoisotopic (exact) mass is 147 g/mol. The predicted octanol–water partition coefficient (Wildman–Crippen LogP) is 3.08. The Bertz CT molecular complexity index is 72.6. The highest BCUT2D eigenvalue weighted by Gasteiger charge is 2.32. The number of rotatable bonds is 2. The smallest absolute Gasteiger partial charge is 0.0286 e. The van der Waals surface area contributed by atoms with E-state index < -0.39 is 7.26 Å². The van der Waals surface area contributed by atoms with E-state index in [1.165, 1.54) is 0 Å².